The quantitative estimate of drug-likeness (QED) is 0.843. The van der Waals surface area contributed by atoms with Crippen LogP contribution in [0.3, 0.4) is 0 Å². The Morgan fingerprint density at radius 3 is 1.88 bits per heavy atom. The van der Waals surface area contributed by atoms with Crippen LogP contribution in [0.25, 0.3) is 0 Å². The number of anilines is 1. The van der Waals surface area contributed by atoms with Crippen LogP contribution in [0.15, 0.2) is 59.5 Å². The van der Waals surface area contributed by atoms with Gasteiger partial charge in [-0.3, -0.25) is 0 Å². The van der Waals surface area contributed by atoms with Crippen LogP contribution in [0.1, 0.15) is 26.3 Å². The number of para-hydroxylation sites is 1. The molecule has 1 heterocycles. The Kier molecular flexibility index (Phi) is 4.89. The lowest BCUT2D eigenvalue weighted by atomic mass is 9.87. The molecule has 0 unspecified atom stereocenters. The maximum absolute atomic E-state index is 12.9. The summed E-state index contributed by atoms with van der Waals surface area (Å²) in [5.74, 6) is 0. The van der Waals surface area contributed by atoms with Crippen molar-refractivity contribution in [2.24, 2.45) is 0 Å². The van der Waals surface area contributed by atoms with Gasteiger partial charge in [0.1, 0.15) is 0 Å². The largest absolute Gasteiger partial charge is 0.369 e. The number of rotatable bonds is 3. The average molecular weight is 359 g/mol. The Balaban J connectivity index is 1.72. The van der Waals surface area contributed by atoms with E-state index in [1.807, 2.05) is 30.3 Å². The number of sulfonamides is 1. The van der Waals surface area contributed by atoms with Crippen molar-refractivity contribution in [3.8, 4) is 0 Å². The molecule has 25 heavy (non-hydrogen) atoms. The van der Waals surface area contributed by atoms with Gasteiger partial charge in [-0.15, -0.1) is 0 Å². The summed E-state index contributed by atoms with van der Waals surface area (Å²) in [5.41, 5.74) is 2.30. The minimum absolute atomic E-state index is 0.0175. The lowest BCUT2D eigenvalue weighted by molar-refractivity contribution is 0.385. The standard InChI is InChI=1S/C20H26N2O2S/c1-20(2,3)17-9-11-19(12-10-17)25(23,24)22-15-13-21(14-16-22)18-7-5-4-6-8-18/h4-12H,13-16H2,1-3H3. The van der Waals surface area contributed by atoms with Crippen LogP contribution < -0.4 is 4.90 Å². The maximum atomic E-state index is 12.9. The molecule has 0 spiro atoms. The molecule has 1 aliphatic heterocycles. The van der Waals surface area contributed by atoms with E-state index < -0.39 is 10.0 Å². The monoisotopic (exact) mass is 358 g/mol. The minimum atomic E-state index is -3.42. The minimum Gasteiger partial charge on any atom is -0.369 e. The van der Waals surface area contributed by atoms with E-state index in [2.05, 4.69) is 37.8 Å². The van der Waals surface area contributed by atoms with Crippen LogP contribution in [0.5, 0.6) is 0 Å². The average Bonchev–Trinajstić information content (AvgIpc) is 2.62. The highest BCUT2D eigenvalue weighted by Gasteiger charge is 2.28. The molecule has 1 saturated heterocycles. The summed E-state index contributed by atoms with van der Waals surface area (Å²) in [6.45, 7) is 8.82. The van der Waals surface area contributed by atoms with Gasteiger partial charge in [0, 0.05) is 31.9 Å². The van der Waals surface area contributed by atoms with E-state index >= 15 is 0 Å². The molecule has 1 aliphatic rings. The van der Waals surface area contributed by atoms with Crippen molar-refractivity contribution < 1.29 is 8.42 Å². The smallest absolute Gasteiger partial charge is 0.243 e. The van der Waals surface area contributed by atoms with Gasteiger partial charge in [-0.1, -0.05) is 51.1 Å². The van der Waals surface area contributed by atoms with Crippen molar-refractivity contribution in [3.63, 3.8) is 0 Å². The summed E-state index contributed by atoms with van der Waals surface area (Å²) in [4.78, 5) is 2.61. The van der Waals surface area contributed by atoms with Gasteiger partial charge < -0.3 is 4.90 Å². The fourth-order valence-electron chi connectivity index (χ4n) is 3.10. The summed E-state index contributed by atoms with van der Waals surface area (Å²) >= 11 is 0. The Labute approximate surface area is 151 Å². The van der Waals surface area contributed by atoms with Crippen molar-refractivity contribution in [3.05, 3.63) is 60.2 Å². The predicted molar refractivity (Wildman–Crippen MR) is 103 cm³/mol. The molecule has 0 N–H and O–H groups in total. The Morgan fingerprint density at radius 1 is 0.800 bits per heavy atom. The van der Waals surface area contributed by atoms with Crippen molar-refractivity contribution in [1.82, 2.24) is 4.31 Å². The highest BCUT2D eigenvalue weighted by Crippen LogP contribution is 2.25. The summed E-state index contributed by atoms with van der Waals surface area (Å²) in [6.07, 6.45) is 0. The van der Waals surface area contributed by atoms with Gasteiger partial charge in [0.25, 0.3) is 0 Å². The molecule has 0 amide bonds. The Morgan fingerprint density at radius 2 is 1.36 bits per heavy atom. The summed E-state index contributed by atoms with van der Waals surface area (Å²) < 4.78 is 27.4. The third kappa shape index (κ3) is 3.88. The lowest BCUT2D eigenvalue weighted by Crippen LogP contribution is -2.48. The van der Waals surface area contributed by atoms with E-state index in [4.69, 9.17) is 0 Å². The zero-order chi connectivity index (χ0) is 18.1. The van der Waals surface area contributed by atoms with Gasteiger partial charge in [0.05, 0.1) is 4.90 Å². The van der Waals surface area contributed by atoms with Gasteiger partial charge in [-0.05, 0) is 35.2 Å². The molecule has 5 heteroatoms. The SMILES string of the molecule is CC(C)(C)c1ccc(S(=O)(=O)N2CCN(c3ccccc3)CC2)cc1. The third-order valence-corrected chi connectivity index (χ3v) is 6.63. The van der Waals surface area contributed by atoms with Crippen molar-refractivity contribution >= 4 is 15.7 Å². The van der Waals surface area contributed by atoms with Gasteiger partial charge in [0.2, 0.25) is 10.0 Å². The summed E-state index contributed by atoms with van der Waals surface area (Å²) in [6, 6.07) is 17.5. The fourth-order valence-corrected chi connectivity index (χ4v) is 4.52. The van der Waals surface area contributed by atoms with Gasteiger partial charge in [0.15, 0.2) is 0 Å². The second-order valence-electron chi connectivity index (χ2n) is 7.50. The number of piperazine rings is 1. The van der Waals surface area contributed by atoms with Gasteiger partial charge in [-0.2, -0.15) is 4.31 Å². The topological polar surface area (TPSA) is 40.6 Å². The normalized spacial score (nSPS) is 16.8. The zero-order valence-electron chi connectivity index (χ0n) is 15.1. The molecule has 2 aromatic rings. The van der Waals surface area contributed by atoms with E-state index in [-0.39, 0.29) is 5.41 Å². The highest BCUT2D eigenvalue weighted by atomic mass is 32.2. The van der Waals surface area contributed by atoms with Crippen LogP contribution in [-0.4, -0.2) is 38.9 Å². The second-order valence-corrected chi connectivity index (χ2v) is 9.44. The number of hydrogen-bond acceptors (Lipinski definition) is 3. The van der Waals surface area contributed by atoms with Crippen LogP contribution >= 0.6 is 0 Å². The number of hydrogen-bond donors (Lipinski definition) is 0. The molecule has 2 aromatic carbocycles. The third-order valence-electron chi connectivity index (χ3n) is 4.72. The number of nitrogens with zero attached hydrogens (tertiary/aromatic N) is 2. The molecular weight excluding hydrogens is 332 g/mol. The van der Waals surface area contributed by atoms with Gasteiger partial charge in [-0.25, -0.2) is 8.42 Å². The lowest BCUT2D eigenvalue weighted by Gasteiger charge is -2.35. The molecule has 1 fully saturated rings. The zero-order valence-corrected chi connectivity index (χ0v) is 16.0. The second kappa shape index (κ2) is 6.81. The molecule has 0 aromatic heterocycles. The van der Waals surface area contributed by atoms with Crippen LogP contribution in [-0.2, 0) is 15.4 Å². The molecule has 0 radical (unpaired) electrons. The number of benzene rings is 2. The molecular formula is C20H26N2O2S. The Hall–Kier alpha value is -1.85. The maximum Gasteiger partial charge on any atom is 0.243 e. The molecule has 0 atom stereocenters. The van der Waals surface area contributed by atoms with E-state index in [0.717, 1.165) is 11.3 Å². The van der Waals surface area contributed by atoms with Crippen LogP contribution in [0.2, 0.25) is 0 Å². The fraction of sp³-hybridized carbons (Fsp3) is 0.400. The van der Waals surface area contributed by atoms with E-state index in [9.17, 15) is 8.42 Å². The molecule has 134 valence electrons. The first-order chi connectivity index (χ1) is 11.8. The van der Waals surface area contributed by atoms with Crippen LogP contribution in [0, 0.1) is 0 Å². The van der Waals surface area contributed by atoms with E-state index in [1.165, 1.54) is 0 Å². The summed E-state index contributed by atoms with van der Waals surface area (Å²) in [7, 11) is -3.42. The first-order valence-corrected chi connectivity index (χ1v) is 10.1. The van der Waals surface area contributed by atoms with Gasteiger partial charge >= 0.3 is 0 Å². The molecule has 4 nitrogen and oxygen atoms in total. The highest BCUT2D eigenvalue weighted by molar-refractivity contribution is 7.89. The molecule has 0 bridgehead atoms. The van der Waals surface area contributed by atoms with Crippen molar-refractivity contribution in [1.29, 1.82) is 0 Å². The van der Waals surface area contributed by atoms with Crippen molar-refractivity contribution in [2.45, 2.75) is 31.1 Å². The van der Waals surface area contributed by atoms with E-state index in [1.54, 1.807) is 16.4 Å². The predicted octanol–water partition coefficient (Wildman–Crippen LogP) is 3.50. The Bertz CT molecular complexity index is 801. The first-order valence-electron chi connectivity index (χ1n) is 8.69. The molecule has 0 aliphatic carbocycles. The first kappa shape index (κ1) is 18.0. The van der Waals surface area contributed by atoms with E-state index in [0.29, 0.717) is 31.1 Å². The summed E-state index contributed by atoms with van der Waals surface area (Å²) in [5, 5.41) is 0. The molecule has 0 saturated carbocycles. The molecule has 3 rings (SSSR count). The van der Waals surface area contributed by atoms with Crippen LogP contribution in [0.4, 0.5) is 5.69 Å². The van der Waals surface area contributed by atoms with Crippen molar-refractivity contribution in [2.75, 3.05) is 31.1 Å².